The number of rotatable bonds is 10. The maximum atomic E-state index is 12.7. The van der Waals surface area contributed by atoms with Crippen molar-refractivity contribution < 1.29 is 24.2 Å². The highest BCUT2D eigenvalue weighted by atomic mass is 32.1. The molecule has 27 heavy (non-hydrogen) atoms. The van der Waals surface area contributed by atoms with E-state index < -0.39 is 18.2 Å². The minimum Gasteiger partial charge on any atom is -0.481 e. The third-order valence-electron chi connectivity index (χ3n) is 4.00. The van der Waals surface area contributed by atoms with E-state index in [2.05, 4.69) is 0 Å². The van der Waals surface area contributed by atoms with Crippen LogP contribution in [0.1, 0.15) is 26.3 Å². The summed E-state index contributed by atoms with van der Waals surface area (Å²) in [7, 11) is 0. The molecule has 1 aromatic heterocycles. The van der Waals surface area contributed by atoms with Crippen LogP contribution in [0.2, 0.25) is 0 Å². The van der Waals surface area contributed by atoms with Gasteiger partial charge >= 0.3 is 5.97 Å². The summed E-state index contributed by atoms with van der Waals surface area (Å²) >= 11 is 1.51. The van der Waals surface area contributed by atoms with Crippen LogP contribution in [0.25, 0.3) is 0 Å². The molecule has 0 aliphatic heterocycles. The van der Waals surface area contributed by atoms with Crippen molar-refractivity contribution in [3.05, 3.63) is 47.3 Å². The fraction of sp³-hybridized carbons (Fsp3) is 0.400. The number of hydrogen-bond donors (Lipinski definition) is 1. The van der Waals surface area contributed by atoms with E-state index in [-0.39, 0.29) is 12.3 Å². The molecule has 0 radical (unpaired) electrons. The van der Waals surface area contributed by atoms with Crippen molar-refractivity contribution >= 4 is 28.2 Å². The topological polar surface area (TPSA) is 76.1 Å². The Hall–Kier alpha value is -2.38. The summed E-state index contributed by atoms with van der Waals surface area (Å²) in [5, 5.41) is 12.0. The Kier molecular flexibility index (Phi) is 7.82. The smallest absolute Gasteiger partial charge is 0.333 e. The monoisotopic (exact) mass is 391 g/mol. The van der Waals surface area contributed by atoms with Crippen LogP contribution in [0.4, 0.5) is 5.00 Å². The summed E-state index contributed by atoms with van der Waals surface area (Å²) in [6.45, 7) is 6.33. The molecule has 2 atom stereocenters. The Labute approximate surface area is 163 Å². The molecule has 7 heteroatoms. The van der Waals surface area contributed by atoms with Gasteiger partial charge in [-0.1, -0.05) is 12.1 Å². The Bertz CT molecular complexity index is 729. The number of aliphatic carboxylic acids is 1. The van der Waals surface area contributed by atoms with Gasteiger partial charge in [0.15, 0.2) is 12.2 Å². The average molecular weight is 391 g/mol. The van der Waals surface area contributed by atoms with Crippen molar-refractivity contribution in [1.29, 1.82) is 0 Å². The third kappa shape index (κ3) is 5.80. The molecule has 0 aliphatic carbocycles. The molecular weight excluding hydrogens is 366 g/mol. The summed E-state index contributed by atoms with van der Waals surface area (Å²) < 4.78 is 11.0. The number of carboxylic acids is 1. The van der Waals surface area contributed by atoms with Crippen LogP contribution in [0.3, 0.4) is 0 Å². The van der Waals surface area contributed by atoms with E-state index in [1.165, 1.54) is 11.3 Å². The van der Waals surface area contributed by atoms with E-state index in [1.807, 2.05) is 24.4 Å². The minimum absolute atomic E-state index is 0.105. The van der Waals surface area contributed by atoms with E-state index >= 15 is 0 Å². The quantitative estimate of drug-likeness (QED) is 0.670. The van der Waals surface area contributed by atoms with E-state index in [0.29, 0.717) is 18.9 Å². The van der Waals surface area contributed by atoms with Gasteiger partial charge in [0.1, 0.15) is 5.75 Å². The van der Waals surface area contributed by atoms with Crippen molar-refractivity contribution in [3.63, 3.8) is 0 Å². The Morgan fingerprint density at radius 1 is 1.19 bits per heavy atom. The van der Waals surface area contributed by atoms with Gasteiger partial charge in [0, 0.05) is 19.6 Å². The number of amides is 1. The number of benzene rings is 1. The maximum Gasteiger partial charge on any atom is 0.333 e. The first-order valence-corrected chi connectivity index (χ1v) is 9.79. The van der Waals surface area contributed by atoms with Gasteiger partial charge in [0.2, 0.25) is 0 Å². The van der Waals surface area contributed by atoms with Crippen LogP contribution in [0.15, 0.2) is 41.8 Å². The standard InChI is InChI=1S/C20H25NO5S/c1-4-21(18-7-6-12-27-18)19(22)14(3)26-16-10-8-15(9-11-16)13-17(20(23)24)25-5-2/h6-12,14,17H,4-5,13H2,1-3H3,(H,23,24)/t14?,17-/m0/s1. The molecule has 2 rings (SSSR count). The Morgan fingerprint density at radius 2 is 1.89 bits per heavy atom. The Morgan fingerprint density at radius 3 is 2.41 bits per heavy atom. The summed E-state index contributed by atoms with van der Waals surface area (Å²) in [6.07, 6.45) is -1.22. The number of nitrogens with zero attached hydrogens (tertiary/aromatic N) is 1. The first kappa shape index (κ1) is 20.9. The number of carbonyl (C=O) groups is 2. The van der Waals surface area contributed by atoms with Crippen LogP contribution in [0, 0.1) is 0 Å². The summed E-state index contributed by atoms with van der Waals surface area (Å²) in [5.74, 6) is -0.527. The zero-order valence-electron chi connectivity index (χ0n) is 15.8. The first-order valence-electron chi connectivity index (χ1n) is 8.91. The van der Waals surface area contributed by atoms with Crippen LogP contribution < -0.4 is 9.64 Å². The largest absolute Gasteiger partial charge is 0.481 e. The molecule has 0 spiro atoms. The number of likely N-dealkylation sites (N-methyl/N-ethyl adjacent to an activating group) is 1. The summed E-state index contributed by atoms with van der Waals surface area (Å²) in [4.78, 5) is 25.5. The van der Waals surface area contributed by atoms with Crippen LogP contribution in [0.5, 0.6) is 5.75 Å². The maximum absolute atomic E-state index is 12.7. The second kappa shape index (κ2) is 10.1. The highest BCUT2D eigenvalue weighted by molar-refractivity contribution is 7.14. The molecule has 2 aromatic rings. The fourth-order valence-electron chi connectivity index (χ4n) is 2.65. The van der Waals surface area contributed by atoms with Crippen molar-refractivity contribution in [2.24, 2.45) is 0 Å². The van der Waals surface area contributed by atoms with Gasteiger partial charge in [0.05, 0.1) is 5.00 Å². The zero-order chi connectivity index (χ0) is 19.8. The lowest BCUT2D eigenvalue weighted by atomic mass is 10.1. The molecule has 1 unspecified atom stereocenters. The number of carboxylic acid groups (broad SMARTS) is 1. The molecule has 6 nitrogen and oxygen atoms in total. The Balaban J connectivity index is 1.98. The third-order valence-corrected chi connectivity index (χ3v) is 4.89. The predicted octanol–water partition coefficient (Wildman–Crippen LogP) is 3.60. The average Bonchev–Trinajstić information content (AvgIpc) is 3.17. The van der Waals surface area contributed by atoms with E-state index in [1.54, 1.807) is 43.0 Å². The number of thiophene rings is 1. The SMILES string of the molecule is CCO[C@@H](Cc1ccc(OC(C)C(=O)N(CC)c2cccs2)cc1)C(=O)O. The highest BCUT2D eigenvalue weighted by Crippen LogP contribution is 2.23. The molecule has 1 amide bonds. The lowest BCUT2D eigenvalue weighted by Crippen LogP contribution is -2.40. The van der Waals surface area contributed by atoms with Gasteiger partial charge in [-0.05, 0) is 56.0 Å². The van der Waals surface area contributed by atoms with Crippen molar-refractivity contribution in [2.75, 3.05) is 18.1 Å². The van der Waals surface area contributed by atoms with Crippen LogP contribution >= 0.6 is 11.3 Å². The molecule has 1 aromatic carbocycles. The molecule has 146 valence electrons. The van der Waals surface area contributed by atoms with Gasteiger partial charge in [-0.3, -0.25) is 4.79 Å². The van der Waals surface area contributed by atoms with Crippen molar-refractivity contribution in [1.82, 2.24) is 0 Å². The van der Waals surface area contributed by atoms with Gasteiger partial charge in [-0.15, -0.1) is 11.3 Å². The lowest BCUT2D eigenvalue weighted by molar-refractivity contribution is -0.149. The molecule has 0 aliphatic rings. The molecule has 0 saturated carbocycles. The molecule has 0 saturated heterocycles. The number of ether oxygens (including phenoxy) is 2. The number of hydrogen-bond acceptors (Lipinski definition) is 5. The van der Waals surface area contributed by atoms with Gasteiger partial charge in [-0.2, -0.15) is 0 Å². The zero-order valence-corrected chi connectivity index (χ0v) is 16.6. The van der Waals surface area contributed by atoms with E-state index in [0.717, 1.165) is 10.6 Å². The van der Waals surface area contributed by atoms with Crippen LogP contribution in [-0.4, -0.2) is 42.3 Å². The highest BCUT2D eigenvalue weighted by Gasteiger charge is 2.23. The minimum atomic E-state index is -0.982. The van der Waals surface area contributed by atoms with Gasteiger partial charge < -0.3 is 19.5 Å². The molecule has 1 heterocycles. The second-order valence-electron chi connectivity index (χ2n) is 5.92. The predicted molar refractivity (Wildman–Crippen MR) is 106 cm³/mol. The lowest BCUT2D eigenvalue weighted by Gasteiger charge is -2.23. The number of carbonyl (C=O) groups excluding carboxylic acids is 1. The van der Waals surface area contributed by atoms with Crippen molar-refractivity contribution in [3.8, 4) is 5.75 Å². The summed E-state index contributed by atoms with van der Waals surface area (Å²) in [6, 6.07) is 10.9. The fourth-order valence-corrected chi connectivity index (χ4v) is 3.45. The first-order chi connectivity index (χ1) is 13.0. The van der Waals surface area contributed by atoms with Crippen molar-refractivity contribution in [2.45, 2.75) is 39.4 Å². The second-order valence-corrected chi connectivity index (χ2v) is 6.85. The van der Waals surface area contributed by atoms with E-state index in [9.17, 15) is 9.59 Å². The normalized spacial score (nSPS) is 13.0. The molecule has 0 fully saturated rings. The molecular formula is C20H25NO5S. The van der Waals surface area contributed by atoms with E-state index in [4.69, 9.17) is 14.6 Å². The van der Waals surface area contributed by atoms with Crippen LogP contribution in [-0.2, 0) is 20.7 Å². The summed E-state index contributed by atoms with van der Waals surface area (Å²) in [5.41, 5.74) is 0.830. The van der Waals surface area contributed by atoms with Gasteiger partial charge in [-0.25, -0.2) is 4.79 Å². The molecule has 0 bridgehead atoms. The molecule has 1 N–H and O–H groups in total. The number of anilines is 1. The van der Waals surface area contributed by atoms with Gasteiger partial charge in [0.25, 0.3) is 5.91 Å².